The van der Waals surface area contributed by atoms with Crippen LogP contribution < -0.4 is 10.1 Å². The molecule has 0 radical (unpaired) electrons. The van der Waals surface area contributed by atoms with Crippen molar-refractivity contribution < 1.29 is 4.74 Å². The van der Waals surface area contributed by atoms with Crippen LogP contribution in [0.4, 0.5) is 0 Å². The molecule has 0 amide bonds. The quantitative estimate of drug-likeness (QED) is 0.698. The molecule has 0 aliphatic rings. The lowest BCUT2D eigenvalue weighted by Crippen LogP contribution is -2.27. The van der Waals surface area contributed by atoms with E-state index < -0.39 is 0 Å². The summed E-state index contributed by atoms with van der Waals surface area (Å²) < 4.78 is 7.49. The van der Waals surface area contributed by atoms with Crippen LogP contribution in [0.1, 0.15) is 20.8 Å². The highest BCUT2D eigenvalue weighted by Crippen LogP contribution is 2.05. The molecule has 0 aliphatic carbocycles. The maximum absolute atomic E-state index is 5.51. The fraction of sp³-hybridized carbons (Fsp3) is 0.700. The molecule has 1 heterocycles. The molecule has 0 aromatic carbocycles. The first-order chi connectivity index (χ1) is 6.74. The summed E-state index contributed by atoms with van der Waals surface area (Å²) in [6, 6.07) is 1.21. The Kier molecular flexibility index (Phi) is 4.46. The SMILES string of the molecule is CCn1ccnc1OCCNC(C)C. The van der Waals surface area contributed by atoms with Crippen LogP contribution in [0, 0.1) is 0 Å². The van der Waals surface area contributed by atoms with E-state index in [2.05, 4.69) is 31.1 Å². The molecule has 4 nitrogen and oxygen atoms in total. The molecule has 1 aromatic heterocycles. The Labute approximate surface area is 85.3 Å². The van der Waals surface area contributed by atoms with E-state index >= 15 is 0 Å². The monoisotopic (exact) mass is 197 g/mol. The Morgan fingerprint density at radius 2 is 2.36 bits per heavy atom. The first-order valence-corrected chi connectivity index (χ1v) is 5.11. The Balaban J connectivity index is 2.24. The Hall–Kier alpha value is -1.03. The second-order valence-electron chi connectivity index (χ2n) is 3.45. The molecule has 1 aromatic rings. The zero-order valence-electron chi connectivity index (χ0n) is 9.16. The Bertz CT molecular complexity index is 258. The van der Waals surface area contributed by atoms with Gasteiger partial charge in [-0.3, -0.25) is 0 Å². The smallest absolute Gasteiger partial charge is 0.296 e. The highest BCUT2D eigenvalue weighted by atomic mass is 16.5. The topological polar surface area (TPSA) is 39.1 Å². The molecular weight excluding hydrogens is 178 g/mol. The largest absolute Gasteiger partial charge is 0.463 e. The summed E-state index contributed by atoms with van der Waals surface area (Å²) in [6.45, 7) is 8.72. The highest BCUT2D eigenvalue weighted by Gasteiger charge is 2.00. The fourth-order valence-corrected chi connectivity index (χ4v) is 1.17. The van der Waals surface area contributed by atoms with Gasteiger partial charge in [0.1, 0.15) is 6.61 Å². The minimum atomic E-state index is 0.504. The average Bonchev–Trinajstić information content (AvgIpc) is 2.59. The summed E-state index contributed by atoms with van der Waals surface area (Å²) in [5.41, 5.74) is 0. The van der Waals surface area contributed by atoms with E-state index in [-0.39, 0.29) is 0 Å². The van der Waals surface area contributed by atoms with Crippen molar-refractivity contribution in [1.82, 2.24) is 14.9 Å². The first kappa shape index (κ1) is 11.0. The lowest BCUT2D eigenvalue weighted by molar-refractivity contribution is 0.274. The molecule has 1 N–H and O–H groups in total. The van der Waals surface area contributed by atoms with Gasteiger partial charge in [-0.1, -0.05) is 13.8 Å². The fourth-order valence-electron chi connectivity index (χ4n) is 1.17. The van der Waals surface area contributed by atoms with Gasteiger partial charge in [-0.05, 0) is 6.92 Å². The predicted octanol–water partition coefficient (Wildman–Crippen LogP) is 1.28. The summed E-state index contributed by atoms with van der Waals surface area (Å²) >= 11 is 0. The van der Waals surface area contributed by atoms with Gasteiger partial charge in [-0.25, -0.2) is 4.98 Å². The molecule has 1 rings (SSSR count). The van der Waals surface area contributed by atoms with Crippen LogP contribution in [0.15, 0.2) is 12.4 Å². The van der Waals surface area contributed by atoms with Gasteiger partial charge in [0, 0.05) is 31.5 Å². The van der Waals surface area contributed by atoms with E-state index in [0.29, 0.717) is 18.7 Å². The minimum absolute atomic E-state index is 0.504. The van der Waals surface area contributed by atoms with Crippen LogP contribution in [0.25, 0.3) is 0 Å². The molecule has 14 heavy (non-hydrogen) atoms. The molecule has 0 saturated heterocycles. The Morgan fingerprint density at radius 3 is 3.00 bits per heavy atom. The zero-order valence-corrected chi connectivity index (χ0v) is 9.16. The number of rotatable bonds is 6. The molecular formula is C10H19N3O. The number of hydrogen-bond acceptors (Lipinski definition) is 3. The molecule has 0 unspecified atom stereocenters. The van der Waals surface area contributed by atoms with Gasteiger partial charge >= 0.3 is 0 Å². The summed E-state index contributed by atoms with van der Waals surface area (Å²) in [7, 11) is 0. The van der Waals surface area contributed by atoms with Gasteiger partial charge in [0.2, 0.25) is 0 Å². The molecule has 0 saturated carbocycles. The number of imidazole rings is 1. The number of hydrogen-bond donors (Lipinski definition) is 1. The zero-order chi connectivity index (χ0) is 10.4. The van der Waals surface area contributed by atoms with Gasteiger partial charge in [0.15, 0.2) is 0 Å². The van der Waals surface area contributed by atoms with Crippen molar-refractivity contribution in [2.45, 2.75) is 33.4 Å². The van der Waals surface area contributed by atoms with Gasteiger partial charge in [-0.2, -0.15) is 0 Å². The highest BCUT2D eigenvalue weighted by molar-refractivity contribution is 4.97. The Morgan fingerprint density at radius 1 is 1.57 bits per heavy atom. The van der Waals surface area contributed by atoms with E-state index in [9.17, 15) is 0 Å². The standard InChI is InChI=1S/C10H19N3O/c1-4-13-7-5-12-10(13)14-8-6-11-9(2)3/h5,7,9,11H,4,6,8H2,1-3H3. The van der Waals surface area contributed by atoms with Crippen LogP contribution in [0.5, 0.6) is 6.01 Å². The van der Waals surface area contributed by atoms with Crippen LogP contribution in [-0.4, -0.2) is 28.7 Å². The predicted molar refractivity (Wildman–Crippen MR) is 56.5 cm³/mol. The van der Waals surface area contributed by atoms with E-state index in [1.165, 1.54) is 0 Å². The van der Waals surface area contributed by atoms with Gasteiger partial charge in [0.05, 0.1) is 0 Å². The maximum Gasteiger partial charge on any atom is 0.296 e. The van der Waals surface area contributed by atoms with E-state index in [4.69, 9.17) is 4.74 Å². The van der Waals surface area contributed by atoms with Crippen LogP contribution >= 0.6 is 0 Å². The molecule has 80 valence electrons. The second kappa shape index (κ2) is 5.65. The lowest BCUT2D eigenvalue weighted by Gasteiger charge is -2.09. The van der Waals surface area contributed by atoms with Crippen molar-refractivity contribution >= 4 is 0 Å². The van der Waals surface area contributed by atoms with Gasteiger partial charge in [0.25, 0.3) is 6.01 Å². The molecule has 0 aliphatic heterocycles. The van der Waals surface area contributed by atoms with Crippen LogP contribution in [0.2, 0.25) is 0 Å². The number of nitrogens with one attached hydrogen (secondary N) is 1. The maximum atomic E-state index is 5.51. The van der Waals surface area contributed by atoms with Crippen molar-refractivity contribution in [2.24, 2.45) is 0 Å². The summed E-state index contributed by atoms with van der Waals surface area (Å²) in [5.74, 6) is 0. The van der Waals surface area contributed by atoms with Crippen LogP contribution in [-0.2, 0) is 6.54 Å². The van der Waals surface area contributed by atoms with Gasteiger partial charge < -0.3 is 14.6 Å². The van der Waals surface area contributed by atoms with E-state index in [1.54, 1.807) is 6.20 Å². The van der Waals surface area contributed by atoms with Crippen molar-refractivity contribution in [2.75, 3.05) is 13.2 Å². The summed E-state index contributed by atoms with van der Waals surface area (Å²) in [4.78, 5) is 4.12. The van der Waals surface area contributed by atoms with Crippen molar-refractivity contribution in [3.63, 3.8) is 0 Å². The molecule has 0 bridgehead atoms. The average molecular weight is 197 g/mol. The van der Waals surface area contributed by atoms with Crippen molar-refractivity contribution in [3.05, 3.63) is 12.4 Å². The second-order valence-corrected chi connectivity index (χ2v) is 3.45. The summed E-state index contributed by atoms with van der Waals surface area (Å²) in [5, 5.41) is 3.28. The first-order valence-electron chi connectivity index (χ1n) is 5.11. The summed E-state index contributed by atoms with van der Waals surface area (Å²) in [6.07, 6.45) is 3.68. The molecule has 4 heteroatoms. The van der Waals surface area contributed by atoms with E-state index in [0.717, 1.165) is 13.1 Å². The van der Waals surface area contributed by atoms with Gasteiger partial charge in [-0.15, -0.1) is 0 Å². The number of ether oxygens (including phenoxy) is 1. The van der Waals surface area contributed by atoms with Crippen molar-refractivity contribution in [3.8, 4) is 6.01 Å². The number of aryl methyl sites for hydroxylation is 1. The lowest BCUT2D eigenvalue weighted by atomic mass is 10.4. The number of aromatic nitrogens is 2. The third-order valence-corrected chi connectivity index (χ3v) is 1.90. The number of nitrogens with zero attached hydrogens (tertiary/aromatic N) is 2. The van der Waals surface area contributed by atoms with Crippen LogP contribution in [0.3, 0.4) is 0 Å². The molecule has 0 spiro atoms. The normalized spacial score (nSPS) is 10.9. The van der Waals surface area contributed by atoms with Crippen molar-refractivity contribution in [1.29, 1.82) is 0 Å². The van der Waals surface area contributed by atoms with E-state index in [1.807, 2.05) is 10.8 Å². The molecule has 0 fully saturated rings. The third-order valence-electron chi connectivity index (χ3n) is 1.90. The minimum Gasteiger partial charge on any atom is -0.463 e. The molecule has 0 atom stereocenters. The third kappa shape index (κ3) is 3.38.